The SMILES string of the molecule is Cc1nn(CCN)c(C)c1S(=O)(=O)N1CCCC(C)(C)C1. The number of hydrogen-bond donors (Lipinski definition) is 1. The Balaban J connectivity index is 2.40. The molecular formula is C14H26N4O2S. The van der Waals surface area contributed by atoms with E-state index in [1.54, 1.807) is 22.8 Å². The number of nitrogens with zero attached hydrogens (tertiary/aromatic N) is 3. The third kappa shape index (κ3) is 3.14. The molecule has 1 saturated heterocycles. The molecule has 0 unspecified atom stereocenters. The van der Waals surface area contributed by atoms with E-state index in [0.29, 0.717) is 42.5 Å². The summed E-state index contributed by atoms with van der Waals surface area (Å²) in [4.78, 5) is 0.355. The smallest absolute Gasteiger partial charge is 0.246 e. The van der Waals surface area contributed by atoms with Gasteiger partial charge in [0.2, 0.25) is 10.0 Å². The highest BCUT2D eigenvalue weighted by Crippen LogP contribution is 2.33. The quantitative estimate of drug-likeness (QED) is 0.907. The summed E-state index contributed by atoms with van der Waals surface area (Å²) in [6.07, 6.45) is 1.96. The van der Waals surface area contributed by atoms with E-state index in [2.05, 4.69) is 18.9 Å². The third-order valence-corrected chi connectivity index (χ3v) is 6.22. The summed E-state index contributed by atoms with van der Waals surface area (Å²) in [5, 5.41) is 4.33. The molecule has 1 aliphatic rings. The van der Waals surface area contributed by atoms with Crippen molar-refractivity contribution >= 4 is 10.0 Å². The Labute approximate surface area is 127 Å². The summed E-state index contributed by atoms with van der Waals surface area (Å²) in [5.74, 6) is 0. The second-order valence-corrected chi connectivity index (χ2v) is 8.49. The summed E-state index contributed by atoms with van der Waals surface area (Å²) in [7, 11) is -3.48. The lowest BCUT2D eigenvalue weighted by molar-refractivity contribution is 0.187. The van der Waals surface area contributed by atoms with Crippen LogP contribution in [0.15, 0.2) is 4.90 Å². The largest absolute Gasteiger partial charge is 0.329 e. The molecule has 0 bridgehead atoms. The summed E-state index contributed by atoms with van der Waals surface area (Å²) < 4.78 is 29.3. The van der Waals surface area contributed by atoms with E-state index in [9.17, 15) is 8.42 Å². The zero-order chi connectivity index (χ0) is 15.8. The molecule has 0 spiro atoms. The monoisotopic (exact) mass is 314 g/mol. The summed E-state index contributed by atoms with van der Waals surface area (Å²) in [6, 6.07) is 0. The van der Waals surface area contributed by atoms with Gasteiger partial charge in [-0.15, -0.1) is 0 Å². The van der Waals surface area contributed by atoms with Crippen molar-refractivity contribution in [1.82, 2.24) is 14.1 Å². The molecule has 0 aliphatic carbocycles. The molecule has 1 aromatic rings. The van der Waals surface area contributed by atoms with Gasteiger partial charge in [-0.3, -0.25) is 4.68 Å². The molecule has 0 saturated carbocycles. The highest BCUT2D eigenvalue weighted by atomic mass is 32.2. The van der Waals surface area contributed by atoms with Crippen LogP contribution in [0.2, 0.25) is 0 Å². The van der Waals surface area contributed by atoms with Crippen LogP contribution in [0.3, 0.4) is 0 Å². The number of sulfonamides is 1. The minimum Gasteiger partial charge on any atom is -0.329 e. The molecule has 6 nitrogen and oxygen atoms in total. The van der Waals surface area contributed by atoms with Crippen LogP contribution in [0.4, 0.5) is 0 Å². The molecule has 0 aromatic carbocycles. The van der Waals surface area contributed by atoms with Crippen molar-refractivity contribution in [3.8, 4) is 0 Å². The average Bonchev–Trinajstić information content (AvgIpc) is 2.64. The minimum absolute atomic E-state index is 0.0282. The molecule has 0 atom stereocenters. The van der Waals surface area contributed by atoms with Gasteiger partial charge < -0.3 is 5.73 Å². The Morgan fingerprint density at radius 2 is 2.00 bits per heavy atom. The molecule has 120 valence electrons. The maximum atomic E-state index is 13.0. The fourth-order valence-electron chi connectivity index (χ4n) is 3.10. The van der Waals surface area contributed by atoms with Crippen molar-refractivity contribution in [1.29, 1.82) is 0 Å². The van der Waals surface area contributed by atoms with E-state index in [1.165, 1.54) is 0 Å². The molecule has 1 aromatic heterocycles. The lowest BCUT2D eigenvalue weighted by Crippen LogP contribution is -2.43. The van der Waals surface area contributed by atoms with Gasteiger partial charge in [0.1, 0.15) is 4.90 Å². The number of rotatable bonds is 4. The lowest BCUT2D eigenvalue weighted by atomic mass is 9.85. The zero-order valence-electron chi connectivity index (χ0n) is 13.4. The van der Waals surface area contributed by atoms with Crippen LogP contribution in [0, 0.1) is 19.3 Å². The van der Waals surface area contributed by atoms with Gasteiger partial charge in [0, 0.05) is 19.6 Å². The molecule has 7 heteroatoms. The predicted octanol–water partition coefficient (Wildman–Crippen LogP) is 1.27. The van der Waals surface area contributed by atoms with Gasteiger partial charge in [-0.2, -0.15) is 9.40 Å². The van der Waals surface area contributed by atoms with Gasteiger partial charge in [-0.25, -0.2) is 8.42 Å². The summed E-state index contributed by atoms with van der Waals surface area (Å²) in [6.45, 7) is 9.92. The summed E-state index contributed by atoms with van der Waals surface area (Å²) >= 11 is 0. The van der Waals surface area contributed by atoms with Crippen molar-refractivity contribution in [2.45, 2.75) is 52.0 Å². The molecule has 0 amide bonds. The summed E-state index contributed by atoms with van der Waals surface area (Å²) in [5.41, 5.74) is 6.82. The Kier molecular flexibility index (Phi) is 4.46. The van der Waals surface area contributed by atoms with Gasteiger partial charge in [0.15, 0.2) is 0 Å². The maximum absolute atomic E-state index is 13.0. The molecule has 2 N–H and O–H groups in total. The van der Waals surface area contributed by atoms with Crippen molar-refractivity contribution < 1.29 is 8.42 Å². The molecule has 21 heavy (non-hydrogen) atoms. The standard InChI is InChI=1S/C14H26N4O2S/c1-11-13(12(2)18(16-11)9-7-15)21(19,20)17-8-5-6-14(3,4)10-17/h5-10,15H2,1-4H3. The van der Waals surface area contributed by atoms with Gasteiger partial charge >= 0.3 is 0 Å². The Hall–Kier alpha value is -0.920. The van der Waals surface area contributed by atoms with Crippen molar-refractivity contribution in [3.63, 3.8) is 0 Å². The van der Waals surface area contributed by atoms with E-state index in [-0.39, 0.29) is 5.41 Å². The number of aryl methyl sites for hydroxylation is 1. The topological polar surface area (TPSA) is 81.2 Å². The molecule has 2 heterocycles. The normalized spacial score (nSPS) is 19.9. The Morgan fingerprint density at radius 1 is 1.33 bits per heavy atom. The van der Waals surface area contributed by atoms with Gasteiger partial charge in [0.25, 0.3) is 0 Å². The lowest BCUT2D eigenvalue weighted by Gasteiger charge is -2.37. The Morgan fingerprint density at radius 3 is 2.57 bits per heavy atom. The molecular weight excluding hydrogens is 288 g/mol. The van der Waals surface area contributed by atoms with E-state index in [0.717, 1.165) is 12.8 Å². The van der Waals surface area contributed by atoms with Crippen LogP contribution >= 0.6 is 0 Å². The molecule has 1 fully saturated rings. The second kappa shape index (κ2) is 5.70. The average molecular weight is 314 g/mol. The highest BCUT2D eigenvalue weighted by Gasteiger charge is 2.36. The van der Waals surface area contributed by atoms with Crippen LogP contribution < -0.4 is 5.73 Å². The first-order valence-corrected chi connectivity index (χ1v) is 8.87. The van der Waals surface area contributed by atoms with Crippen LogP contribution in [-0.4, -0.2) is 42.1 Å². The van der Waals surface area contributed by atoms with Crippen molar-refractivity contribution in [2.75, 3.05) is 19.6 Å². The first-order valence-electron chi connectivity index (χ1n) is 7.43. The van der Waals surface area contributed by atoms with Crippen LogP contribution in [0.25, 0.3) is 0 Å². The molecule has 2 rings (SSSR count). The fraction of sp³-hybridized carbons (Fsp3) is 0.786. The van der Waals surface area contributed by atoms with Crippen LogP contribution in [0.5, 0.6) is 0 Å². The maximum Gasteiger partial charge on any atom is 0.246 e. The first kappa shape index (κ1) is 16.5. The van der Waals surface area contributed by atoms with E-state index in [1.807, 2.05) is 0 Å². The van der Waals surface area contributed by atoms with Crippen LogP contribution in [-0.2, 0) is 16.6 Å². The van der Waals surface area contributed by atoms with Gasteiger partial charge in [-0.05, 0) is 32.1 Å². The fourth-order valence-corrected chi connectivity index (χ4v) is 5.14. The van der Waals surface area contributed by atoms with Crippen molar-refractivity contribution in [2.24, 2.45) is 11.1 Å². The van der Waals surface area contributed by atoms with E-state index in [4.69, 9.17) is 5.73 Å². The number of piperidine rings is 1. The minimum atomic E-state index is -3.48. The number of nitrogens with two attached hydrogens (primary N) is 1. The van der Waals surface area contributed by atoms with Crippen LogP contribution in [0.1, 0.15) is 38.1 Å². The second-order valence-electron chi connectivity index (χ2n) is 6.62. The molecule has 0 radical (unpaired) electrons. The molecule has 1 aliphatic heterocycles. The van der Waals surface area contributed by atoms with E-state index >= 15 is 0 Å². The third-order valence-electron chi connectivity index (χ3n) is 4.12. The van der Waals surface area contributed by atoms with Crippen molar-refractivity contribution in [3.05, 3.63) is 11.4 Å². The Bertz CT molecular complexity index is 619. The number of hydrogen-bond acceptors (Lipinski definition) is 4. The zero-order valence-corrected chi connectivity index (χ0v) is 14.2. The highest BCUT2D eigenvalue weighted by molar-refractivity contribution is 7.89. The van der Waals surface area contributed by atoms with Gasteiger partial charge in [-0.1, -0.05) is 13.8 Å². The van der Waals surface area contributed by atoms with Gasteiger partial charge in [0.05, 0.1) is 17.9 Å². The first-order chi connectivity index (χ1) is 9.69. The predicted molar refractivity (Wildman–Crippen MR) is 82.5 cm³/mol. The number of aromatic nitrogens is 2. The van der Waals surface area contributed by atoms with E-state index < -0.39 is 10.0 Å².